The first-order valence-electron chi connectivity index (χ1n) is 10.4. The van der Waals surface area contributed by atoms with Crippen molar-refractivity contribution >= 4 is 24.2 Å². The van der Waals surface area contributed by atoms with Crippen LogP contribution in [0.2, 0.25) is 0 Å². The first kappa shape index (κ1) is 19.7. The van der Waals surface area contributed by atoms with Crippen molar-refractivity contribution in [3.05, 3.63) is 23.8 Å². The second-order valence-electron chi connectivity index (χ2n) is 9.44. The van der Waals surface area contributed by atoms with Crippen LogP contribution in [-0.2, 0) is 20.6 Å². The van der Waals surface area contributed by atoms with Crippen LogP contribution in [0.5, 0.6) is 0 Å². The van der Waals surface area contributed by atoms with Gasteiger partial charge in [-0.1, -0.05) is 12.1 Å². The molecular weight excluding hydrogens is 353 g/mol. The number of carbonyl (C=O) groups excluding carboxylic acids is 1. The molecule has 4 rings (SSSR count). The number of rotatable bonds is 3. The third kappa shape index (κ3) is 3.67. The minimum absolute atomic E-state index is 0.185. The van der Waals surface area contributed by atoms with E-state index in [0.29, 0.717) is 6.42 Å². The number of fused-ring (bicyclic) bond motifs is 1. The van der Waals surface area contributed by atoms with Gasteiger partial charge in [0.15, 0.2) is 0 Å². The van der Waals surface area contributed by atoms with E-state index in [1.807, 2.05) is 0 Å². The van der Waals surface area contributed by atoms with Gasteiger partial charge in [0.2, 0.25) is 5.91 Å². The highest BCUT2D eigenvalue weighted by Gasteiger charge is 2.51. The predicted octanol–water partition coefficient (Wildman–Crippen LogP) is 1.52. The smallest absolute Gasteiger partial charge is 0.399 e. The van der Waals surface area contributed by atoms with Crippen molar-refractivity contribution in [3.63, 3.8) is 0 Å². The first-order valence-corrected chi connectivity index (χ1v) is 10.4. The van der Waals surface area contributed by atoms with Crippen LogP contribution in [-0.4, -0.2) is 61.9 Å². The van der Waals surface area contributed by atoms with E-state index in [9.17, 15) is 4.79 Å². The van der Waals surface area contributed by atoms with Crippen LogP contribution in [0.25, 0.3) is 0 Å². The molecular formula is C21H32BN3O3. The summed E-state index contributed by atoms with van der Waals surface area (Å²) in [6, 6.07) is 6.84. The first-order chi connectivity index (χ1) is 13.1. The largest absolute Gasteiger partial charge is 0.494 e. The Morgan fingerprint density at radius 2 is 1.89 bits per heavy atom. The Hall–Kier alpha value is -1.57. The summed E-state index contributed by atoms with van der Waals surface area (Å²) in [7, 11) is 1.81. The van der Waals surface area contributed by atoms with Gasteiger partial charge in [-0.25, -0.2) is 0 Å². The Balaban J connectivity index is 1.51. The zero-order valence-corrected chi connectivity index (χ0v) is 17.7. The number of likely N-dealkylation sites (N-methyl/N-ethyl adjacent to an activating group) is 1. The van der Waals surface area contributed by atoms with Gasteiger partial charge in [0.05, 0.1) is 11.2 Å². The van der Waals surface area contributed by atoms with Gasteiger partial charge in [-0.3, -0.25) is 9.69 Å². The number of anilines is 1. The van der Waals surface area contributed by atoms with Crippen molar-refractivity contribution in [2.45, 2.75) is 64.3 Å². The second-order valence-corrected chi connectivity index (χ2v) is 9.44. The van der Waals surface area contributed by atoms with Crippen molar-refractivity contribution in [2.75, 3.05) is 31.6 Å². The molecule has 1 amide bonds. The number of hydrogen-bond donors (Lipinski definition) is 1. The van der Waals surface area contributed by atoms with Crippen LogP contribution in [0.1, 0.15) is 46.1 Å². The van der Waals surface area contributed by atoms with Gasteiger partial charge < -0.3 is 19.5 Å². The highest BCUT2D eigenvalue weighted by Crippen LogP contribution is 2.37. The molecule has 0 saturated carbocycles. The number of nitrogens with zero attached hydrogens (tertiary/aromatic N) is 2. The number of carbonyl (C=O) groups is 1. The molecule has 3 aliphatic heterocycles. The lowest BCUT2D eigenvalue weighted by atomic mass is 9.78. The summed E-state index contributed by atoms with van der Waals surface area (Å²) in [4.78, 5) is 16.3. The molecule has 1 atom stereocenters. The number of benzene rings is 1. The zero-order chi connectivity index (χ0) is 20.1. The summed E-state index contributed by atoms with van der Waals surface area (Å²) < 4.78 is 12.5. The van der Waals surface area contributed by atoms with Gasteiger partial charge in [0.1, 0.15) is 0 Å². The summed E-state index contributed by atoms with van der Waals surface area (Å²) in [5.74, 6) is 0.185. The lowest BCUT2D eigenvalue weighted by molar-refractivity contribution is -0.119. The molecule has 0 aromatic heterocycles. The molecule has 2 saturated heterocycles. The lowest BCUT2D eigenvalue weighted by Crippen LogP contribution is -2.41. The Morgan fingerprint density at radius 1 is 1.18 bits per heavy atom. The zero-order valence-electron chi connectivity index (χ0n) is 17.7. The molecule has 1 N–H and O–H groups in total. The normalized spacial score (nSPS) is 26.9. The summed E-state index contributed by atoms with van der Waals surface area (Å²) in [6.07, 6.45) is 1.60. The molecule has 0 spiro atoms. The maximum absolute atomic E-state index is 11.5. The Morgan fingerprint density at radius 3 is 2.54 bits per heavy atom. The Bertz CT molecular complexity index is 751. The van der Waals surface area contributed by atoms with E-state index in [-0.39, 0.29) is 30.3 Å². The van der Waals surface area contributed by atoms with Crippen molar-refractivity contribution in [2.24, 2.45) is 0 Å². The van der Waals surface area contributed by atoms with Crippen LogP contribution >= 0.6 is 0 Å². The summed E-state index contributed by atoms with van der Waals surface area (Å²) in [6.45, 7) is 12.1. The highest BCUT2D eigenvalue weighted by atomic mass is 16.7. The second kappa shape index (κ2) is 7.04. The average molecular weight is 385 g/mol. The van der Waals surface area contributed by atoms with Crippen molar-refractivity contribution in [1.29, 1.82) is 0 Å². The van der Waals surface area contributed by atoms with Crippen molar-refractivity contribution in [1.82, 2.24) is 10.2 Å². The quantitative estimate of drug-likeness (QED) is 0.800. The molecule has 3 heterocycles. The van der Waals surface area contributed by atoms with Gasteiger partial charge in [-0.05, 0) is 51.2 Å². The lowest BCUT2D eigenvalue weighted by Gasteiger charge is -2.32. The van der Waals surface area contributed by atoms with E-state index in [4.69, 9.17) is 9.31 Å². The Kier molecular flexibility index (Phi) is 4.96. The Labute approximate surface area is 168 Å². The highest BCUT2D eigenvalue weighted by molar-refractivity contribution is 6.62. The standard InChI is InChI=1S/C21H32BN3O3/c1-20(2)21(3,4)28-22(27-20)16-7-6-15-13-25(11-10-24(5)18(15)12-16)14-17-8-9-19(26)23-17/h6-7,12,17H,8-11,13-14H2,1-5H3,(H,23,26)/t17-/m0/s1. The van der Waals surface area contributed by atoms with Crippen LogP contribution in [0.4, 0.5) is 5.69 Å². The third-order valence-electron chi connectivity index (χ3n) is 6.76. The molecule has 6 nitrogen and oxygen atoms in total. The monoisotopic (exact) mass is 385 g/mol. The molecule has 1 aromatic carbocycles. The molecule has 1 aromatic rings. The van der Waals surface area contributed by atoms with E-state index in [0.717, 1.165) is 38.1 Å². The molecule has 0 radical (unpaired) electrons. The van der Waals surface area contributed by atoms with E-state index < -0.39 is 0 Å². The minimum Gasteiger partial charge on any atom is -0.399 e. The summed E-state index contributed by atoms with van der Waals surface area (Å²) >= 11 is 0. The third-order valence-corrected chi connectivity index (χ3v) is 6.76. The SMILES string of the molecule is CN1CCN(C[C@@H]2CCC(=O)N2)Cc2ccc(B3OC(C)(C)C(C)(C)O3)cc21. The van der Waals surface area contributed by atoms with Gasteiger partial charge in [0.25, 0.3) is 0 Å². The van der Waals surface area contributed by atoms with Gasteiger partial charge in [0, 0.05) is 51.4 Å². The van der Waals surface area contributed by atoms with E-state index in [1.165, 1.54) is 11.3 Å². The molecule has 0 unspecified atom stereocenters. The fourth-order valence-electron chi connectivity index (χ4n) is 4.21. The fraction of sp³-hybridized carbons (Fsp3) is 0.667. The topological polar surface area (TPSA) is 54.0 Å². The van der Waals surface area contributed by atoms with E-state index in [2.05, 4.69) is 68.1 Å². The van der Waals surface area contributed by atoms with Crippen LogP contribution in [0, 0.1) is 0 Å². The van der Waals surface area contributed by atoms with Gasteiger partial charge in [-0.15, -0.1) is 0 Å². The van der Waals surface area contributed by atoms with Gasteiger partial charge >= 0.3 is 7.12 Å². The molecule has 152 valence electrons. The number of amides is 1. The number of hydrogen-bond acceptors (Lipinski definition) is 5. The summed E-state index contributed by atoms with van der Waals surface area (Å²) in [5, 5.41) is 3.09. The van der Waals surface area contributed by atoms with E-state index in [1.54, 1.807) is 0 Å². The van der Waals surface area contributed by atoms with Crippen LogP contribution < -0.4 is 15.7 Å². The van der Waals surface area contributed by atoms with Crippen molar-refractivity contribution in [3.8, 4) is 0 Å². The van der Waals surface area contributed by atoms with Crippen LogP contribution in [0.3, 0.4) is 0 Å². The van der Waals surface area contributed by atoms with Crippen molar-refractivity contribution < 1.29 is 14.1 Å². The van der Waals surface area contributed by atoms with Gasteiger partial charge in [-0.2, -0.15) is 0 Å². The molecule has 0 bridgehead atoms. The molecule has 2 fully saturated rings. The maximum Gasteiger partial charge on any atom is 0.494 e. The molecule has 7 heteroatoms. The summed E-state index contributed by atoms with van der Waals surface area (Å²) in [5.41, 5.74) is 2.95. The molecule has 3 aliphatic rings. The minimum atomic E-state index is -0.336. The molecule has 28 heavy (non-hydrogen) atoms. The fourth-order valence-corrected chi connectivity index (χ4v) is 4.21. The number of nitrogens with one attached hydrogen (secondary N) is 1. The van der Waals surface area contributed by atoms with Crippen LogP contribution in [0.15, 0.2) is 18.2 Å². The van der Waals surface area contributed by atoms with E-state index >= 15 is 0 Å². The average Bonchev–Trinajstić information content (AvgIpc) is 3.06. The predicted molar refractivity (Wildman–Crippen MR) is 112 cm³/mol. The molecule has 0 aliphatic carbocycles. The maximum atomic E-state index is 11.5.